The van der Waals surface area contributed by atoms with E-state index in [1.54, 1.807) is 7.11 Å². The maximum atomic E-state index is 5.30. The second kappa shape index (κ2) is 4.30. The molecule has 0 fully saturated rings. The number of rotatable bonds is 3. The van der Waals surface area contributed by atoms with Gasteiger partial charge < -0.3 is 4.74 Å². The van der Waals surface area contributed by atoms with E-state index in [0.717, 1.165) is 24.1 Å². The Morgan fingerprint density at radius 3 is 2.87 bits per heavy atom. The minimum Gasteiger partial charge on any atom is -0.494 e. The van der Waals surface area contributed by atoms with Crippen molar-refractivity contribution in [2.45, 2.75) is 19.8 Å². The van der Waals surface area contributed by atoms with Gasteiger partial charge in [0.15, 0.2) is 0 Å². The first kappa shape index (κ1) is 9.97. The van der Waals surface area contributed by atoms with Crippen LogP contribution in [-0.2, 0) is 6.42 Å². The number of nitrogens with zero attached hydrogens (tertiary/aromatic N) is 1. The zero-order chi connectivity index (χ0) is 10.7. The van der Waals surface area contributed by atoms with Gasteiger partial charge in [0.05, 0.1) is 7.11 Å². The molecular weight excluding hydrogens is 186 g/mol. The molecule has 0 radical (unpaired) electrons. The average molecular weight is 201 g/mol. The highest BCUT2D eigenvalue weighted by molar-refractivity contribution is 5.87. The topological polar surface area (TPSA) is 22.1 Å². The van der Waals surface area contributed by atoms with E-state index in [1.165, 1.54) is 10.9 Å². The van der Waals surface area contributed by atoms with Gasteiger partial charge in [0.25, 0.3) is 0 Å². The summed E-state index contributed by atoms with van der Waals surface area (Å²) in [6, 6.07) is 8.16. The fraction of sp³-hybridized carbons (Fsp3) is 0.308. The van der Waals surface area contributed by atoms with Crippen LogP contribution < -0.4 is 4.74 Å². The largest absolute Gasteiger partial charge is 0.494 e. The third kappa shape index (κ3) is 1.80. The van der Waals surface area contributed by atoms with Gasteiger partial charge in [-0.2, -0.15) is 0 Å². The Labute approximate surface area is 89.9 Å². The second-order valence-electron chi connectivity index (χ2n) is 3.58. The van der Waals surface area contributed by atoms with E-state index in [0.29, 0.717) is 0 Å². The van der Waals surface area contributed by atoms with Crippen LogP contribution in [0.25, 0.3) is 10.9 Å². The molecule has 2 heteroatoms. The van der Waals surface area contributed by atoms with Crippen molar-refractivity contribution in [3.8, 4) is 5.75 Å². The van der Waals surface area contributed by atoms with Crippen LogP contribution in [0, 0.1) is 0 Å². The lowest BCUT2D eigenvalue weighted by Crippen LogP contribution is -1.91. The Bertz CT molecular complexity index is 465. The third-order valence-electron chi connectivity index (χ3n) is 2.56. The first-order valence-electron chi connectivity index (χ1n) is 5.27. The second-order valence-corrected chi connectivity index (χ2v) is 3.58. The van der Waals surface area contributed by atoms with Crippen molar-refractivity contribution in [1.29, 1.82) is 0 Å². The van der Waals surface area contributed by atoms with Gasteiger partial charge in [0, 0.05) is 11.6 Å². The number of hydrogen-bond donors (Lipinski definition) is 0. The molecule has 2 nitrogen and oxygen atoms in total. The summed E-state index contributed by atoms with van der Waals surface area (Å²) in [5, 5.41) is 1.21. The summed E-state index contributed by atoms with van der Waals surface area (Å²) in [5.74, 6) is 0.852. The van der Waals surface area contributed by atoms with Gasteiger partial charge in [0.1, 0.15) is 11.3 Å². The van der Waals surface area contributed by atoms with Crippen molar-refractivity contribution in [2.24, 2.45) is 0 Å². The number of pyridine rings is 1. The first-order valence-corrected chi connectivity index (χ1v) is 5.27. The smallest absolute Gasteiger partial charge is 0.145 e. The number of aryl methyl sites for hydroxylation is 1. The predicted octanol–water partition coefficient (Wildman–Crippen LogP) is 3.20. The van der Waals surface area contributed by atoms with Crippen LogP contribution in [0.2, 0.25) is 0 Å². The van der Waals surface area contributed by atoms with Crippen LogP contribution in [0.5, 0.6) is 5.75 Å². The summed E-state index contributed by atoms with van der Waals surface area (Å²) in [4.78, 5) is 4.37. The molecule has 0 aliphatic rings. The van der Waals surface area contributed by atoms with Gasteiger partial charge in [-0.05, 0) is 24.1 Å². The van der Waals surface area contributed by atoms with Crippen molar-refractivity contribution in [1.82, 2.24) is 4.98 Å². The highest BCUT2D eigenvalue weighted by Crippen LogP contribution is 2.26. The first-order chi connectivity index (χ1) is 7.36. The van der Waals surface area contributed by atoms with Crippen molar-refractivity contribution in [2.75, 3.05) is 7.11 Å². The minimum atomic E-state index is 0.852. The van der Waals surface area contributed by atoms with E-state index in [-0.39, 0.29) is 0 Å². The minimum absolute atomic E-state index is 0.852. The average Bonchev–Trinajstić information content (AvgIpc) is 2.29. The number of aromatic nitrogens is 1. The lowest BCUT2D eigenvalue weighted by Gasteiger charge is -2.07. The molecule has 1 aromatic heterocycles. The standard InChI is InChI=1S/C13H15NO/c1-3-5-10-8-9-14-13-11(10)6-4-7-12(13)15-2/h4,6-9H,3,5H2,1-2H3. The molecule has 0 spiro atoms. The molecule has 2 aromatic rings. The van der Waals surface area contributed by atoms with E-state index in [1.807, 2.05) is 18.3 Å². The third-order valence-corrected chi connectivity index (χ3v) is 2.56. The Morgan fingerprint density at radius 2 is 2.13 bits per heavy atom. The summed E-state index contributed by atoms with van der Waals surface area (Å²) < 4.78 is 5.30. The number of ether oxygens (including phenoxy) is 1. The van der Waals surface area contributed by atoms with Crippen molar-refractivity contribution in [3.05, 3.63) is 36.0 Å². The fourth-order valence-electron chi connectivity index (χ4n) is 1.86. The van der Waals surface area contributed by atoms with E-state index in [4.69, 9.17) is 4.74 Å². The Hall–Kier alpha value is -1.57. The van der Waals surface area contributed by atoms with E-state index >= 15 is 0 Å². The summed E-state index contributed by atoms with van der Waals surface area (Å²) in [6.07, 6.45) is 4.10. The molecule has 0 aliphatic carbocycles. The Morgan fingerprint density at radius 1 is 1.27 bits per heavy atom. The van der Waals surface area contributed by atoms with E-state index < -0.39 is 0 Å². The van der Waals surface area contributed by atoms with Gasteiger partial charge in [-0.1, -0.05) is 25.5 Å². The molecule has 1 heterocycles. The molecule has 15 heavy (non-hydrogen) atoms. The van der Waals surface area contributed by atoms with Crippen LogP contribution >= 0.6 is 0 Å². The van der Waals surface area contributed by atoms with Crippen LogP contribution in [0.1, 0.15) is 18.9 Å². The van der Waals surface area contributed by atoms with Gasteiger partial charge in [-0.25, -0.2) is 0 Å². The normalized spacial score (nSPS) is 10.5. The number of fused-ring (bicyclic) bond motifs is 1. The summed E-state index contributed by atoms with van der Waals surface area (Å²) in [5.41, 5.74) is 2.31. The van der Waals surface area contributed by atoms with E-state index in [2.05, 4.69) is 24.0 Å². The van der Waals surface area contributed by atoms with Crippen LogP contribution in [0.15, 0.2) is 30.5 Å². The zero-order valence-corrected chi connectivity index (χ0v) is 9.16. The molecule has 0 bridgehead atoms. The van der Waals surface area contributed by atoms with Gasteiger partial charge in [0.2, 0.25) is 0 Å². The van der Waals surface area contributed by atoms with Crippen molar-refractivity contribution < 1.29 is 4.74 Å². The monoisotopic (exact) mass is 201 g/mol. The molecule has 0 unspecified atom stereocenters. The fourth-order valence-corrected chi connectivity index (χ4v) is 1.86. The predicted molar refractivity (Wildman–Crippen MR) is 62.3 cm³/mol. The molecule has 1 aromatic carbocycles. The molecule has 0 atom stereocenters. The Balaban J connectivity index is 2.65. The molecule has 0 saturated carbocycles. The van der Waals surface area contributed by atoms with Gasteiger partial charge in [-0.15, -0.1) is 0 Å². The summed E-state index contributed by atoms with van der Waals surface area (Å²) in [7, 11) is 1.68. The van der Waals surface area contributed by atoms with Crippen molar-refractivity contribution >= 4 is 10.9 Å². The maximum Gasteiger partial charge on any atom is 0.145 e. The number of hydrogen-bond acceptors (Lipinski definition) is 2. The molecule has 0 saturated heterocycles. The van der Waals surface area contributed by atoms with E-state index in [9.17, 15) is 0 Å². The van der Waals surface area contributed by atoms with Crippen LogP contribution in [0.3, 0.4) is 0 Å². The molecule has 78 valence electrons. The summed E-state index contributed by atoms with van der Waals surface area (Å²) in [6.45, 7) is 2.19. The number of para-hydroxylation sites is 1. The molecule has 0 amide bonds. The molecule has 0 N–H and O–H groups in total. The number of benzene rings is 1. The van der Waals surface area contributed by atoms with Gasteiger partial charge >= 0.3 is 0 Å². The molecule has 2 rings (SSSR count). The highest BCUT2D eigenvalue weighted by Gasteiger charge is 2.05. The molecular formula is C13H15NO. The number of methoxy groups -OCH3 is 1. The SMILES string of the molecule is CCCc1ccnc2c(OC)cccc12. The molecule has 0 aliphatic heterocycles. The highest BCUT2D eigenvalue weighted by atomic mass is 16.5. The van der Waals surface area contributed by atoms with Crippen LogP contribution in [-0.4, -0.2) is 12.1 Å². The Kier molecular flexibility index (Phi) is 2.86. The summed E-state index contributed by atoms with van der Waals surface area (Å²) >= 11 is 0. The zero-order valence-electron chi connectivity index (χ0n) is 9.16. The quantitative estimate of drug-likeness (QED) is 0.760. The lowest BCUT2D eigenvalue weighted by atomic mass is 10.0. The van der Waals surface area contributed by atoms with Crippen molar-refractivity contribution in [3.63, 3.8) is 0 Å². The van der Waals surface area contributed by atoms with Crippen LogP contribution in [0.4, 0.5) is 0 Å². The lowest BCUT2D eigenvalue weighted by molar-refractivity contribution is 0.419. The maximum absolute atomic E-state index is 5.30. The van der Waals surface area contributed by atoms with Gasteiger partial charge in [-0.3, -0.25) is 4.98 Å².